The Morgan fingerprint density at radius 2 is 1.79 bits per heavy atom. The SMILES string of the molecule is N=C(N)CCCN1CCN(c2ccc(Cl)cc2)CC1. The fraction of sp³-hybridized carbons (Fsp3) is 0.500. The van der Waals surface area contributed by atoms with Gasteiger partial charge in [-0.3, -0.25) is 10.3 Å². The average molecular weight is 281 g/mol. The summed E-state index contributed by atoms with van der Waals surface area (Å²) in [6, 6.07) is 8.04. The molecule has 0 saturated carbocycles. The molecule has 0 amide bonds. The van der Waals surface area contributed by atoms with Gasteiger partial charge in [-0.25, -0.2) is 0 Å². The van der Waals surface area contributed by atoms with Gasteiger partial charge in [0.2, 0.25) is 0 Å². The van der Waals surface area contributed by atoms with Crippen LogP contribution in [0.5, 0.6) is 0 Å². The molecule has 0 atom stereocenters. The first kappa shape index (κ1) is 14.2. The molecule has 0 radical (unpaired) electrons. The molecule has 1 saturated heterocycles. The van der Waals surface area contributed by atoms with E-state index in [1.54, 1.807) is 0 Å². The van der Waals surface area contributed by atoms with Crippen LogP contribution in [0.1, 0.15) is 12.8 Å². The highest BCUT2D eigenvalue weighted by Crippen LogP contribution is 2.19. The van der Waals surface area contributed by atoms with E-state index in [0.29, 0.717) is 12.3 Å². The van der Waals surface area contributed by atoms with E-state index in [1.807, 2.05) is 12.1 Å². The van der Waals surface area contributed by atoms with Gasteiger partial charge in [-0.05, 0) is 37.2 Å². The molecule has 0 bridgehead atoms. The average Bonchev–Trinajstić information content (AvgIpc) is 2.40. The van der Waals surface area contributed by atoms with Crippen LogP contribution in [0.2, 0.25) is 5.02 Å². The number of nitrogens with zero attached hydrogens (tertiary/aromatic N) is 2. The summed E-state index contributed by atoms with van der Waals surface area (Å²) in [5.74, 6) is 0.291. The lowest BCUT2D eigenvalue weighted by Gasteiger charge is -2.36. The second-order valence-electron chi connectivity index (χ2n) is 4.93. The predicted octanol–water partition coefficient (Wildman–Crippen LogP) is 2.18. The summed E-state index contributed by atoms with van der Waals surface area (Å²) in [5.41, 5.74) is 6.61. The number of amidine groups is 1. The van der Waals surface area contributed by atoms with E-state index in [0.717, 1.165) is 44.2 Å². The molecule has 4 nitrogen and oxygen atoms in total. The standard InChI is InChI=1S/C14H21ClN4/c15-12-3-5-13(6-4-12)19-10-8-18(9-11-19)7-1-2-14(16)17/h3-6H,1-2,7-11H2,(H3,16,17). The zero-order valence-corrected chi connectivity index (χ0v) is 11.9. The van der Waals surface area contributed by atoms with Crippen molar-refractivity contribution < 1.29 is 0 Å². The quantitative estimate of drug-likeness (QED) is 0.642. The monoisotopic (exact) mass is 280 g/mol. The lowest BCUT2D eigenvalue weighted by Crippen LogP contribution is -2.46. The van der Waals surface area contributed by atoms with Crippen LogP contribution in [0.3, 0.4) is 0 Å². The number of nitrogens with two attached hydrogens (primary N) is 1. The first-order valence-corrected chi connectivity index (χ1v) is 7.09. The van der Waals surface area contributed by atoms with Crippen molar-refractivity contribution >= 4 is 23.1 Å². The number of hydrogen-bond acceptors (Lipinski definition) is 3. The molecule has 0 aliphatic carbocycles. The second kappa shape index (κ2) is 6.78. The predicted molar refractivity (Wildman–Crippen MR) is 81.3 cm³/mol. The van der Waals surface area contributed by atoms with Gasteiger partial charge in [-0.2, -0.15) is 0 Å². The maximum absolute atomic E-state index is 7.21. The number of benzene rings is 1. The van der Waals surface area contributed by atoms with E-state index in [4.69, 9.17) is 22.7 Å². The highest BCUT2D eigenvalue weighted by molar-refractivity contribution is 6.30. The second-order valence-corrected chi connectivity index (χ2v) is 5.37. The molecule has 1 aromatic rings. The van der Waals surface area contributed by atoms with Gasteiger partial charge >= 0.3 is 0 Å². The highest BCUT2D eigenvalue weighted by atomic mass is 35.5. The minimum Gasteiger partial charge on any atom is -0.388 e. The molecular formula is C14H21ClN4. The van der Waals surface area contributed by atoms with Crippen LogP contribution < -0.4 is 10.6 Å². The van der Waals surface area contributed by atoms with Gasteiger partial charge in [0, 0.05) is 43.3 Å². The maximum Gasteiger partial charge on any atom is 0.0905 e. The highest BCUT2D eigenvalue weighted by Gasteiger charge is 2.16. The van der Waals surface area contributed by atoms with Crippen molar-refractivity contribution in [3.05, 3.63) is 29.3 Å². The van der Waals surface area contributed by atoms with Gasteiger partial charge in [-0.15, -0.1) is 0 Å². The minimum atomic E-state index is 0.291. The summed E-state index contributed by atoms with van der Waals surface area (Å²) in [4.78, 5) is 4.83. The molecule has 1 aliphatic heterocycles. The van der Waals surface area contributed by atoms with Crippen molar-refractivity contribution in [2.24, 2.45) is 5.73 Å². The van der Waals surface area contributed by atoms with Gasteiger partial charge in [0.1, 0.15) is 0 Å². The Bertz CT molecular complexity index is 410. The Balaban J connectivity index is 1.76. The van der Waals surface area contributed by atoms with E-state index in [-0.39, 0.29) is 0 Å². The topological polar surface area (TPSA) is 56.4 Å². The van der Waals surface area contributed by atoms with Gasteiger partial charge in [0.25, 0.3) is 0 Å². The summed E-state index contributed by atoms with van der Waals surface area (Å²) in [5, 5.41) is 8.00. The third-order valence-corrected chi connectivity index (χ3v) is 3.74. The van der Waals surface area contributed by atoms with Crippen LogP contribution in [0, 0.1) is 5.41 Å². The number of rotatable bonds is 5. The van der Waals surface area contributed by atoms with Crippen molar-refractivity contribution in [3.63, 3.8) is 0 Å². The van der Waals surface area contributed by atoms with E-state index >= 15 is 0 Å². The zero-order chi connectivity index (χ0) is 13.7. The normalized spacial score (nSPS) is 16.6. The summed E-state index contributed by atoms with van der Waals surface area (Å²) in [7, 11) is 0. The third-order valence-electron chi connectivity index (χ3n) is 3.48. The molecule has 3 N–H and O–H groups in total. The van der Waals surface area contributed by atoms with Gasteiger partial charge < -0.3 is 10.6 Å². The van der Waals surface area contributed by atoms with Crippen molar-refractivity contribution in [1.29, 1.82) is 5.41 Å². The van der Waals surface area contributed by atoms with Crippen LogP contribution in [0.25, 0.3) is 0 Å². The van der Waals surface area contributed by atoms with Crippen molar-refractivity contribution in [1.82, 2.24) is 4.90 Å². The van der Waals surface area contributed by atoms with Crippen LogP contribution >= 0.6 is 11.6 Å². The minimum absolute atomic E-state index is 0.291. The summed E-state index contributed by atoms with van der Waals surface area (Å²) in [6.45, 7) is 5.26. The van der Waals surface area contributed by atoms with Crippen LogP contribution in [0.4, 0.5) is 5.69 Å². The van der Waals surface area contributed by atoms with Gasteiger partial charge in [0.15, 0.2) is 0 Å². The Hall–Kier alpha value is -1.26. The molecule has 0 aromatic heterocycles. The molecule has 1 aromatic carbocycles. The lowest BCUT2D eigenvalue weighted by atomic mass is 10.2. The number of anilines is 1. The smallest absolute Gasteiger partial charge is 0.0905 e. The zero-order valence-electron chi connectivity index (χ0n) is 11.1. The molecule has 1 heterocycles. The summed E-state index contributed by atoms with van der Waals surface area (Å²) < 4.78 is 0. The maximum atomic E-state index is 7.21. The van der Waals surface area contributed by atoms with E-state index in [9.17, 15) is 0 Å². The Morgan fingerprint density at radius 3 is 2.37 bits per heavy atom. The molecule has 5 heteroatoms. The van der Waals surface area contributed by atoms with Crippen LogP contribution in [-0.2, 0) is 0 Å². The fourth-order valence-electron chi connectivity index (χ4n) is 2.37. The summed E-state index contributed by atoms with van der Waals surface area (Å²) in [6.07, 6.45) is 1.69. The van der Waals surface area contributed by atoms with Crippen molar-refractivity contribution in [3.8, 4) is 0 Å². The number of piperazine rings is 1. The Morgan fingerprint density at radius 1 is 1.16 bits per heavy atom. The molecule has 1 fully saturated rings. The molecule has 0 unspecified atom stereocenters. The van der Waals surface area contributed by atoms with Crippen molar-refractivity contribution in [2.75, 3.05) is 37.6 Å². The fourth-order valence-corrected chi connectivity index (χ4v) is 2.50. The molecular weight excluding hydrogens is 260 g/mol. The van der Waals surface area contributed by atoms with Crippen LogP contribution in [0.15, 0.2) is 24.3 Å². The first-order chi connectivity index (χ1) is 9.15. The molecule has 19 heavy (non-hydrogen) atoms. The third kappa shape index (κ3) is 4.40. The number of nitrogens with one attached hydrogen (secondary N) is 1. The molecule has 104 valence electrons. The molecule has 2 rings (SSSR count). The number of halogens is 1. The van der Waals surface area contributed by atoms with Crippen LogP contribution in [-0.4, -0.2) is 43.5 Å². The Kier molecular flexibility index (Phi) is 5.05. The van der Waals surface area contributed by atoms with Gasteiger partial charge in [-0.1, -0.05) is 11.6 Å². The molecule has 0 spiro atoms. The lowest BCUT2D eigenvalue weighted by molar-refractivity contribution is 0.256. The largest absolute Gasteiger partial charge is 0.388 e. The van der Waals surface area contributed by atoms with E-state index < -0.39 is 0 Å². The van der Waals surface area contributed by atoms with Gasteiger partial charge in [0.05, 0.1) is 5.84 Å². The summed E-state index contributed by atoms with van der Waals surface area (Å²) >= 11 is 5.90. The first-order valence-electron chi connectivity index (χ1n) is 6.71. The van der Waals surface area contributed by atoms with Crippen molar-refractivity contribution in [2.45, 2.75) is 12.8 Å². The number of hydrogen-bond donors (Lipinski definition) is 2. The van der Waals surface area contributed by atoms with E-state index in [1.165, 1.54) is 5.69 Å². The Labute approximate surface area is 119 Å². The molecule has 1 aliphatic rings. The van der Waals surface area contributed by atoms with E-state index in [2.05, 4.69) is 21.9 Å².